The molecule has 1 atom stereocenters. The molecule has 1 aromatic rings. The van der Waals surface area contributed by atoms with Crippen LogP contribution < -0.4 is 5.32 Å². The number of rotatable bonds is 6. The quantitative estimate of drug-likeness (QED) is 0.788. The average Bonchev–Trinajstić information content (AvgIpc) is 3.34. The van der Waals surface area contributed by atoms with Gasteiger partial charge in [0.15, 0.2) is 0 Å². The van der Waals surface area contributed by atoms with Crippen molar-refractivity contribution in [3.8, 4) is 0 Å². The van der Waals surface area contributed by atoms with Crippen molar-refractivity contribution in [1.82, 2.24) is 10.2 Å². The lowest BCUT2D eigenvalue weighted by Gasteiger charge is -2.24. The Morgan fingerprint density at radius 3 is 2.56 bits per heavy atom. The second kappa shape index (κ2) is 7.51. The predicted octanol–water partition coefficient (Wildman–Crippen LogP) is 3.93. The number of halogens is 4. The zero-order chi connectivity index (χ0) is 18.8. The van der Waals surface area contributed by atoms with Gasteiger partial charge >= 0.3 is 18.2 Å². The normalized spacial score (nSPS) is 15.6. The third-order valence-corrected chi connectivity index (χ3v) is 4.36. The van der Waals surface area contributed by atoms with E-state index in [1.54, 1.807) is 0 Å². The molecule has 0 aromatic heterocycles. The molecule has 5 nitrogen and oxygen atoms in total. The fourth-order valence-electron chi connectivity index (χ4n) is 2.46. The van der Waals surface area contributed by atoms with Gasteiger partial charge < -0.3 is 15.3 Å². The second-order valence-electron chi connectivity index (χ2n) is 6.07. The van der Waals surface area contributed by atoms with Crippen molar-refractivity contribution in [2.75, 3.05) is 13.6 Å². The Kier molecular flexibility index (Phi) is 5.82. The minimum atomic E-state index is -4.58. The molecule has 0 radical (unpaired) electrons. The average molecular weight is 379 g/mol. The van der Waals surface area contributed by atoms with E-state index >= 15 is 0 Å². The number of benzene rings is 1. The van der Waals surface area contributed by atoms with Crippen molar-refractivity contribution < 1.29 is 27.9 Å². The fourth-order valence-corrected chi connectivity index (χ4v) is 2.69. The summed E-state index contributed by atoms with van der Waals surface area (Å²) in [6.45, 7) is 0.00692. The van der Waals surface area contributed by atoms with E-state index in [0.717, 1.165) is 18.9 Å². The van der Waals surface area contributed by atoms with Gasteiger partial charge in [-0.15, -0.1) is 0 Å². The molecule has 0 aliphatic heterocycles. The largest absolute Gasteiger partial charge is 0.481 e. The highest BCUT2D eigenvalue weighted by atomic mass is 35.5. The molecule has 9 heteroatoms. The second-order valence-corrected chi connectivity index (χ2v) is 6.47. The van der Waals surface area contributed by atoms with Crippen LogP contribution in [-0.2, 0) is 11.0 Å². The van der Waals surface area contributed by atoms with Gasteiger partial charge in [0.25, 0.3) is 0 Å². The number of carboxylic acids is 1. The molecule has 1 fully saturated rings. The standard InChI is InChI=1S/C16H18ClF3N2O3/c1-22(7-6-13(23)24)15(25)21-14(9-2-3-9)10-4-5-12(17)11(8-10)16(18,19)20/h4-5,8-9,14H,2-3,6-7H2,1H3,(H,21,25)(H,23,24). The van der Waals surface area contributed by atoms with Gasteiger partial charge in [-0.25, -0.2) is 4.79 Å². The smallest absolute Gasteiger partial charge is 0.417 e. The van der Waals surface area contributed by atoms with Crippen LogP contribution in [-0.4, -0.2) is 35.6 Å². The summed E-state index contributed by atoms with van der Waals surface area (Å²) in [5, 5.41) is 11.0. The fraction of sp³-hybridized carbons (Fsp3) is 0.500. The van der Waals surface area contributed by atoms with E-state index < -0.39 is 34.8 Å². The summed E-state index contributed by atoms with van der Waals surface area (Å²) < 4.78 is 39.1. The number of carbonyl (C=O) groups is 2. The van der Waals surface area contributed by atoms with E-state index in [1.165, 1.54) is 24.1 Å². The van der Waals surface area contributed by atoms with Crippen molar-refractivity contribution in [1.29, 1.82) is 0 Å². The Balaban J connectivity index is 2.16. The van der Waals surface area contributed by atoms with Crippen molar-refractivity contribution in [2.45, 2.75) is 31.5 Å². The van der Waals surface area contributed by atoms with Crippen molar-refractivity contribution in [3.05, 3.63) is 34.3 Å². The summed E-state index contributed by atoms with van der Waals surface area (Å²) in [5.74, 6) is -0.981. The van der Waals surface area contributed by atoms with E-state index in [2.05, 4.69) is 5.32 Å². The number of carboxylic acid groups (broad SMARTS) is 1. The predicted molar refractivity (Wildman–Crippen MR) is 85.3 cm³/mol. The number of alkyl halides is 3. The van der Waals surface area contributed by atoms with Crippen LogP contribution in [0, 0.1) is 5.92 Å². The molecule has 2 amide bonds. The Bertz CT molecular complexity index is 663. The lowest BCUT2D eigenvalue weighted by atomic mass is 10.00. The van der Waals surface area contributed by atoms with Gasteiger partial charge in [-0.1, -0.05) is 17.7 Å². The molecule has 0 heterocycles. The molecule has 1 saturated carbocycles. The third kappa shape index (κ3) is 5.26. The van der Waals surface area contributed by atoms with Gasteiger partial charge in [0.2, 0.25) is 0 Å². The Labute approximate surface area is 147 Å². The van der Waals surface area contributed by atoms with Crippen LogP contribution in [0.25, 0.3) is 0 Å². The number of hydrogen-bond acceptors (Lipinski definition) is 2. The Hall–Kier alpha value is -1.96. The Morgan fingerprint density at radius 2 is 2.04 bits per heavy atom. The SMILES string of the molecule is CN(CCC(=O)O)C(=O)NC(c1ccc(Cl)c(C(F)(F)F)c1)C1CC1. The highest BCUT2D eigenvalue weighted by Crippen LogP contribution is 2.43. The lowest BCUT2D eigenvalue weighted by molar-refractivity contribution is -0.138. The van der Waals surface area contributed by atoms with Crippen LogP contribution in [0.2, 0.25) is 5.02 Å². The summed E-state index contributed by atoms with van der Waals surface area (Å²) in [7, 11) is 1.44. The first-order chi connectivity index (χ1) is 11.6. The molecule has 138 valence electrons. The van der Waals surface area contributed by atoms with Gasteiger partial charge in [0.1, 0.15) is 0 Å². The number of hydrogen-bond donors (Lipinski definition) is 2. The minimum Gasteiger partial charge on any atom is -0.481 e. The van der Waals surface area contributed by atoms with Crippen LogP contribution >= 0.6 is 11.6 Å². The number of nitrogens with zero attached hydrogens (tertiary/aromatic N) is 1. The number of carbonyl (C=O) groups excluding carboxylic acids is 1. The summed E-state index contributed by atoms with van der Waals surface area (Å²) in [6.07, 6.45) is -3.19. The van der Waals surface area contributed by atoms with Crippen molar-refractivity contribution in [3.63, 3.8) is 0 Å². The minimum absolute atomic E-state index is 0.00692. The van der Waals surface area contributed by atoms with Gasteiger partial charge in [0.05, 0.1) is 23.0 Å². The molecule has 2 N–H and O–H groups in total. The summed E-state index contributed by atoms with van der Waals surface area (Å²) >= 11 is 5.64. The zero-order valence-corrected chi connectivity index (χ0v) is 14.2. The highest BCUT2D eigenvalue weighted by molar-refractivity contribution is 6.31. The first kappa shape index (κ1) is 19.4. The molecule has 1 aliphatic carbocycles. The van der Waals surface area contributed by atoms with E-state index in [9.17, 15) is 22.8 Å². The van der Waals surface area contributed by atoms with Crippen molar-refractivity contribution in [2.24, 2.45) is 5.92 Å². The number of nitrogens with one attached hydrogen (secondary N) is 1. The number of urea groups is 1. The summed E-state index contributed by atoms with van der Waals surface area (Å²) in [6, 6.07) is 2.51. The van der Waals surface area contributed by atoms with Gasteiger partial charge in [-0.3, -0.25) is 4.79 Å². The maximum Gasteiger partial charge on any atom is 0.417 e. The highest BCUT2D eigenvalue weighted by Gasteiger charge is 2.37. The molecule has 1 aliphatic rings. The molecule has 0 saturated heterocycles. The lowest BCUT2D eigenvalue weighted by Crippen LogP contribution is -2.41. The van der Waals surface area contributed by atoms with Crippen LogP contribution in [0.1, 0.15) is 36.4 Å². The monoisotopic (exact) mass is 378 g/mol. The summed E-state index contributed by atoms with van der Waals surface area (Å²) in [5.41, 5.74) is -0.606. The van der Waals surface area contributed by atoms with Crippen LogP contribution in [0.5, 0.6) is 0 Å². The summed E-state index contributed by atoms with van der Waals surface area (Å²) in [4.78, 5) is 24.0. The maximum absolute atomic E-state index is 13.0. The topological polar surface area (TPSA) is 69.6 Å². The van der Waals surface area contributed by atoms with Crippen molar-refractivity contribution >= 4 is 23.6 Å². The van der Waals surface area contributed by atoms with E-state index in [4.69, 9.17) is 16.7 Å². The number of amides is 2. The molecule has 2 rings (SSSR count). The van der Waals surface area contributed by atoms with Crippen LogP contribution in [0.4, 0.5) is 18.0 Å². The van der Waals surface area contributed by atoms with Gasteiger partial charge in [-0.2, -0.15) is 13.2 Å². The molecule has 0 bridgehead atoms. The van der Waals surface area contributed by atoms with E-state index in [1.807, 2.05) is 0 Å². The van der Waals surface area contributed by atoms with E-state index in [-0.39, 0.29) is 18.9 Å². The first-order valence-electron chi connectivity index (χ1n) is 7.69. The molecule has 1 aromatic carbocycles. The van der Waals surface area contributed by atoms with Crippen LogP contribution in [0.3, 0.4) is 0 Å². The number of aliphatic carboxylic acids is 1. The maximum atomic E-state index is 13.0. The third-order valence-electron chi connectivity index (χ3n) is 4.04. The molecular formula is C16H18ClF3N2O3. The molecule has 0 spiro atoms. The Morgan fingerprint density at radius 1 is 1.40 bits per heavy atom. The van der Waals surface area contributed by atoms with Crippen LogP contribution in [0.15, 0.2) is 18.2 Å². The van der Waals surface area contributed by atoms with Gasteiger partial charge in [-0.05, 0) is 36.5 Å². The van der Waals surface area contributed by atoms with E-state index in [0.29, 0.717) is 5.56 Å². The zero-order valence-electron chi connectivity index (χ0n) is 13.4. The molecular weight excluding hydrogens is 361 g/mol. The molecule has 1 unspecified atom stereocenters. The first-order valence-corrected chi connectivity index (χ1v) is 8.07. The molecule has 25 heavy (non-hydrogen) atoms. The van der Waals surface area contributed by atoms with Gasteiger partial charge in [0, 0.05) is 13.6 Å².